The summed E-state index contributed by atoms with van der Waals surface area (Å²) in [6, 6.07) is 8.41. The molecule has 0 bridgehead atoms. The molecule has 4 nitrogen and oxygen atoms in total. The first-order valence-corrected chi connectivity index (χ1v) is 7.59. The second kappa shape index (κ2) is 8.02. The van der Waals surface area contributed by atoms with Crippen molar-refractivity contribution in [2.24, 2.45) is 0 Å². The van der Waals surface area contributed by atoms with Gasteiger partial charge in [0.25, 0.3) is 0 Å². The summed E-state index contributed by atoms with van der Waals surface area (Å²) in [6.45, 7) is 8.51. The van der Waals surface area contributed by atoms with E-state index >= 15 is 0 Å². The molecule has 1 aromatic heterocycles. The van der Waals surface area contributed by atoms with Crippen LogP contribution < -0.4 is 5.32 Å². The highest BCUT2D eigenvalue weighted by Gasteiger charge is 2.07. The zero-order valence-electron chi connectivity index (χ0n) is 12.6. The van der Waals surface area contributed by atoms with Gasteiger partial charge in [-0.3, -0.25) is 4.68 Å². The summed E-state index contributed by atoms with van der Waals surface area (Å²) in [6.07, 6.45) is 2.33. The molecule has 0 aliphatic carbocycles. The van der Waals surface area contributed by atoms with Gasteiger partial charge in [0.15, 0.2) is 0 Å². The van der Waals surface area contributed by atoms with Gasteiger partial charge in [-0.25, -0.2) is 0 Å². The van der Waals surface area contributed by atoms with Crippen LogP contribution in [-0.2, 0) is 17.8 Å². The largest absolute Gasteiger partial charge is 0.380 e. The molecule has 0 atom stereocenters. The summed E-state index contributed by atoms with van der Waals surface area (Å²) in [5, 5.41) is 9.32. The maximum absolute atomic E-state index is 5.54. The first kappa shape index (κ1) is 15.0. The third-order valence-corrected chi connectivity index (χ3v) is 3.39. The topological polar surface area (TPSA) is 39.1 Å². The van der Waals surface area contributed by atoms with Crippen molar-refractivity contribution in [2.45, 2.75) is 39.8 Å². The number of aromatic nitrogens is 2. The van der Waals surface area contributed by atoms with E-state index in [-0.39, 0.29) is 0 Å². The zero-order valence-corrected chi connectivity index (χ0v) is 12.6. The Morgan fingerprint density at radius 2 is 2.05 bits per heavy atom. The highest BCUT2D eigenvalue weighted by molar-refractivity contribution is 5.81. The molecule has 0 unspecified atom stereocenters. The second-order valence-electron chi connectivity index (χ2n) is 4.92. The zero-order chi connectivity index (χ0) is 14.2. The molecule has 4 heteroatoms. The van der Waals surface area contributed by atoms with Crippen molar-refractivity contribution >= 4 is 10.9 Å². The summed E-state index contributed by atoms with van der Waals surface area (Å²) < 4.78 is 7.60. The van der Waals surface area contributed by atoms with Crippen molar-refractivity contribution in [3.05, 3.63) is 30.0 Å². The van der Waals surface area contributed by atoms with Crippen LogP contribution in [0.15, 0.2) is 24.3 Å². The van der Waals surface area contributed by atoms with Crippen LogP contribution in [0, 0.1) is 0 Å². The maximum atomic E-state index is 5.54. The Balaban J connectivity index is 1.84. The fourth-order valence-electron chi connectivity index (χ4n) is 2.27. The lowest BCUT2D eigenvalue weighted by Gasteiger charge is -2.04. The van der Waals surface area contributed by atoms with E-state index in [1.165, 1.54) is 17.3 Å². The molecule has 0 fully saturated rings. The number of hydrogen-bond donors (Lipinski definition) is 1. The Kier molecular flexibility index (Phi) is 6.02. The molecule has 0 radical (unpaired) electrons. The van der Waals surface area contributed by atoms with Gasteiger partial charge in [-0.1, -0.05) is 31.5 Å². The Labute approximate surface area is 121 Å². The highest BCUT2D eigenvalue weighted by atomic mass is 16.5. The third-order valence-electron chi connectivity index (χ3n) is 3.39. The predicted octanol–water partition coefficient (Wildman–Crippen LogP) is 2.96. The number of nitrogens with zero attached hydrogens (tertiary/aromatic N) is 2. The van der Waals surface area contributed by atoms with Gasteiger partial charge in [0.05, 0.1) is 17.8 Å². The molecule has 1 heterocycles. The quantitative estimate of drug-likeness (QED) is 0.715. The van der Waals surface area contributed by atoms with E-state index in [9.17, 15) is 0 Å². The Hall–Kier alpha value is -1.39. The number of aryl methyl sites for hydroxylation is 1. The molecule has 0 aliphatic heterocycles. The van der Waals surface area contributed by atoms with Crippen LogP contribution in [-0.4, -0.2) is 29.5 Å². The van der Waals surface area contributed by atoms with Crippen LogP contribution in [0.1, 0.15) is 32.4 Å². The number of hydrogen-bond acceptors (Lipinski definition) is 3. The van der Waals surface area contributed by atoms with E-state index in [1.807, 2.05) is 0 Å². The number of para-hydroxylation sites is 1. The number of fused-ring (bicyclic) bond motifs is 1. The van der Waals surface area contributed by atoms with Crippen LogP contribution >= 0.6 is 0 Å². The van der Waals surface area contributed by atoms with Crippen molar-refractivity contribution in [1.82, 2.24) is 15.1 Å². The molecule has 0 aliphatic rings. The van der Waals surface area contributed by atoms with Crippen molar-refractivity contribution in [3.63, 3.8) is 0 Å². The summed E-state index contributed by atoms with van der Waals surface area (Å²) in [5.74, 6) is 0. The molecular formula is C16H25N3O. The van der Waals surface area contributed by atoms with Crippen molar-refractivity contribution < 1.29 is 4.74 Å². The van der Waals surface area contributed by atoms with E-state index in [0.717, 1.165) is 45.0 Å². The number of unbranched alkanes of at least 4 members (excludes halogenated alkanes) is 1. The van der Waals surface area contributed by atoms with Crippen LogP contribution in [0.5, 0.6) is 0 Å². The summed E-state index contributed by atoms with van der Waals surface area (Å²) >= 11 is 0. The second-order valence-corrected chi connectivity index (χ2v) is 4.92. The average molecular weight is 275 g/mol. The molecule has 110 valence electrons. The van der Waals surface area contributed by atoms with E-state index in [0.29, 0.717) is 0 Å². The summed E-state index contributed by atoms with van der Waals surface area (Å²) in [7, 11) is 0. The number of benzene rings is 1. The minimum Gasteiger partial charge on any atom is -0.380 e. The van der Waals surface area contributed by atoms with E-state index in [4.69, 9.17) is 4.74 Å². The molecule has 1 N–H and O–H groups in total. The fourth-order valence-corrected chi connectivity index (χ4v) is 2.27. The molecule has 0 saturated carbocycles. The van der Waals surface area contributed by atoms with Crippen LogP contribution in [0.3, 0.4) is 0 Å². The van der Waals surface area contributed by atoms with Gasteiger partial charge in [-0.2, -0.15) is 5.10 Å². The maximum Gasteiger partial charge on any atom is 0.0841 e. The Morgan fingerprint density at radius 1 is 1.20 bits per heavy atom. The van der Waals surface area contributed by atoms with E-state index < -0.39 is 0 Å². The van der Waals surface area contributed by atoms with Crippen LogP contribution in [0.4, 0.5) is 0 Å². The minimum absolute atomic E-state index is 0.770. The molecule has 0 spiro atoms. The lowest BCUT2D eigenvalue weighted by Crippen LogP contribution is -2.20. The smallest absolute Gasteiger partial charge is 0.0841 e. The van der Waals surface area contributed by atoms with Gasteiger partial charge in [0.1, 0.15) is 0 Å². The number of ether oxygens (including phenoxy) is 1. The van der Waals surface area contributed by atoms with Crippen molar-refractivity contribution in [1.29, 1.82) is 0 Å². The first-order valence-electron chi connectivity index (χ1n) is 7.59. The highest BCUT2D eigenvalue weighted by Crippen LogP contribution is 2.17. The number of nitrogens with one attached hydrogen (secondary N) is 1. The fraction of sp³-hybridized carbons (Fsp3) is 0.562. The lowest BCUT2D eigenvalue weighted by atomic mass is 10.2. The lowest BCUT2D eigenvalue weighted by molar-refractivity contribution is 0.133. The SMILES string of the molecule is CCCCOCCNCc1nn(CC)c2ccccc12. The van der Waals surface area contributed by atoms with E-state index in [2.05, 4.69) is 53.2 Å². The van der Waals surface area contributed by atoms with Crippen molar-refractivity contribution in [2.75, 3.05) is 19.8 Å². The molecule has 2 rings (SSSR count). The standard InChI is InChI=1S/C16H25N3O/c1-3-5-11-20-12-10-17-13-15-14-8-6-7-9-16(14)19(4-2)18-15/h6-9,17H,3-5,10-13H2,1-2H3. The van der Waals surface area contributed by atoms with Gasteiger partial charge < -0.3 is 10.1 Å². The monoisotopic (exact) mass is 275 g/mol. The molecule has 20 heavy (non-hydrogen) atoms. The minimum atomic E-state index is 0.770. The predicted molar refractivity (Wildman–Crippen MR) is 82.8 cm³/mol. The van der Waals surface area contributed by atoms with Gasteiger partial charge in [0, 0.05) is 31.6 Å². The van der Waals surface area contributed by atoms with Gasteiger partial charge in [0.2, 0.25) is 0 Å². The van der Waals surface area contributed by atoms with Crippen LogP contribution in [0.2, 0.25) is 0 Å². The number of rotatable bonds is 9. The molecular weight excluding hydrogens is 250 g/mol. The Bertz CT molecular complexity index is 521. The molecule has 2 aromatic rings. The van der Waals surface area contributed by atoms with Gasteiger partial charge >= 0.3 is 0 Å². The van der Waals surface area contributed by atoms with Gasteiger partial charge in [-0.15, -0.1) is 0 Å². The molecule has 1 aromatic carbocycles. The normalized spacial score (nSPS) is 11.3. The summed E-state index contributed by atoms with van der Waals surface area (Å²) in [4.78, 5) is 0. The molecule has 0 saturated heterocycles. The average Bonchev–Trinajstić information content (AvgIpc) is 2.85. The van der Waals surface area contributed by atoms with E-state index in [1.54, 1.807) is 0 Å². The third kappa shape index (κ3) is 3.81. The first-order chi connectivity index (χ1) is 9.86. The molecule has 0 amide bonds. The van der Waals surface area contributed by atoms with Gasteiger partial charge in [-0.05, 0) is 19.4 Å². The van der Waals surface area contributed by atoms with Crippen molar-refractivity contribution in [3.8, 4) is 0 Å². The Morgan fingerprint density at radius 3 is 2.85 bits per heavy atom. The summed E-state index contributed by atoms with van der Waals surface area (Å²) in [5.41, 5.74) is 2.34. The van der Waals surface area contributed by atoms with Crippen LogP contribution in [0.25, 0.3) is 10.9 Å².